The smallest absolute Gasteiger partial charge is 0.253 e. The van der Waals surface area contributed by atoms with Gasteiger partial charge in [0.25, 0.3) is 5.91 Å². The Bertz CT molecular complexity index is 1320. The Morgan fingerprint density at radius 3 is 2.31 bits per heavy atom. The van der Waals surface area contributed by atoms with Gasteiger partial charge in [-0.3, -0.25) is 14.2 Å². The van der Waals surface area contributed by atoms with Gasteiger partial charge in [0.2, 0.25) is 5.91 Å². The van der Waals surface area contributed by atoms with Gasteiger partial charge in [0.15, 0.2) is 5.16 Å². The number of hydrogen-bond acceptors (Lipinski definition) is 5. The summed E-state index contributed by atoms with van der Waals surface area (Å²) >= 11 is 1.33. The van der Waals surface area contributed by atoms with Crippen molar-refractivity contribution in [1.82, 2.24) is 20.1 Å². The Morgan fingerprint density at radius 2 is 1.57 bits per heavy atom. The molecule has 0 radical (unpaired) electrons. The molecule has 0 aliphatic heterocycles. The van der Waals surface area contributed by atoms with Crippen LogP contribution in [0.25, 0.3) is 5.69 Å². The van der Waals surface area contributed by atoms with Crippen LogP contribution in [0.15, 0.2) is 90.1 Å². The summed E-state index contributed by atoms with van der Waals surface area (Å²) < 4.78 is 2.04. The standard InChI is InChI=1S/C27H25N5O2S/c33-24(18-35-27-31-30-25(20-15-16-20)32(27)21-11-5-2-6-12-21)29-23-14-8-7-13-22(23)26(34)28-17-19-9-3-1-4-10-19/h1-14,20H,15-18H2,(H,28,34)(H,29,33). The molecule has 1 fully saturated rings. The van der Waals surface area contributed by atoms with E-state index in [1.807, 2.05) is 65.2 Å². The molecule has 4 aromatic rings. The molecule has 1 aliphatic carbocycles. The number of nitrogens with one attached hydrogen (secondary N) is 2. The fraction of sp³-hybridized carbons (Fsp3) is 0.185. The average Bonchev–Trinajstić information content (AvgIpc) is 3.66. The number of carbonyl (C=O) groups excluding carboxylic acids is 2. The predicted octanol–water partition coefficient (Wildman–Crippen LogP) is 4.81. The highest BCUT2D eigenvalue weighted by atomic mass is 32.2. The molecule has 176 valence electrons. The van der Waals surface area contributed by atoms with Crippen LogP contribution in [-0.2, 0) is 11.3 Å². The first kappa shape index (κ1) is 22.9. The minimum Gasteiger partial charge on any atom is -0.348 e. The van der Waals surface area contributed by atoms with Gasteiger partial charge < -0.3 is 10.6 Å². The van der Waals surface area contributed by atoms with Gasteiger partial charge in [-0.1, -0.05) is 72.4 Å². The number of anilines is 1. The zero-order valence-electron chi connectivity index (χ0n) is 19.1. The van der Waals surface area contributed by atoms with Crippen molar-refractivity contribution in [3.8, 4) is 5.69 Å². The van der Waals surface area contributed by atoms with Crippen LogP contribution >= 0.6 is 11.8 Å². The lowest BCUT2D eigenvalue weighted by Gasteiger charge is -2.12. The van der Waals surface area contributed by atoms with Gasteiger partial charge in [0, 0.05) is 18.2 Å². The maximum atomic E-state index is 12.8. The number of rotatable bonds is 9. The third-order valence-electron chi connectivity index (χ3n) is 5.69. The van der Waals surface area contributed by atoms with E-state index in [-0.39, 0.29) is 17.6 Å². The molecule has 1 heterocycles. The van der Waals surface area contributed by atoms with E-state index >= 15 is 0 Å². The Kier molecular flexibility index (Phi) is 6.90. The Labute approximate surface area is 208 Å². The van der Waals surface area contributed by atoms with Crippen LogP contribution in [0, 0.1) is 0 Å². The minimum absolute atomic E-state index is 0.148. The fourth-order valence-electron chi connectivity index (χ4n) is 3.78. The Hall–Kier alpha value is -3.91. The molecule has 1 aromatic heterocycles. The summed E-state index contributed by atoms with van der Waals surface area (Å²) in [5, 5.41) is 15.3. The van der Waals surface area contributed by atoms with Crippen LogP contribution in [0.5, 0.6) is 0 Å². The first-order valence-electron chi connectivity index (χ1n) is 11.5. The van der Waals surface area contributed by atoms with Gasteiger partial charge in [0.05, 0.1) is 17.0 Å². The van der Waals surface area contributed by atoms with Crippen molar-refractivity contribution < 1.29 is 9.59 Å². The van der Waals surface area contributed by atoms with Crippen molar-refractivity contribution in [1.29, 1.82) is 0 Å². The average molecular weight is 484 g/mol. The van der Waals surface area contributed by atoms with Crippen molar-refractivity contribution in [2.24, 2.45) is 0 Å². The van der Waals surface area contributed by atoms with Crippen LogP contribution in [-0.4, -0.2) is 32.3 Å². The Morgan fingerprint density at radius 1 is 0.886 bits per heavy atom. The number of benzene rings is 3. The third kappa shape index (κ3) is 5.60. The van der Waals surface area contributed by atoms with Gasteiger partial charge in [0.1, 0.15) is 5.82 Å². The molecule has 0 atom stereocenters. The second kappa shape index (κ2) is 10.6. The van der Waals surface area contributed by atoms with Gasteiger partial charge in [-0.15, -0.1) is 10.2 Å². The molecule has 2 amide bonds. The molecule has 0 bridgehead atoms. The van der Waals surface area contributed by atoms with E-state index in [4.69, 9.17) is 0 Å². The van der Waals surface area contributed by atoms with Gasteiger partial charge in [-0.05, 0) is 42.7 Å². The zero-order valence-corrected chi connectivity index (χ0v) is 19.9. The molecule has 35 heavy (non-hydrogen) atoms. The van der Waals surface area contributed by atoms with Gasteiger partial charge >= 0.3 is 0 Å². The zero-order chi connectivity index (χ0) is 24.0. The van der Waals surface area contributed by atoms with E-state index < -0.39 is 0 Å². The molecule has 0 saturated heterocycles. The SMILES string of the molecule is O=C(CSc1nnc(C2CC2)n1-c1ccccc1)Nc1ccccc1C(=O)NCc1ccccc1. The largest absolute Gasteiger partial charge is 0.348 e. The normalized spacial score (nSPS) is 12.8. The van der Waals surface area contributed by atoms with Crippen LogP contribution < -0.4 is 10.6 Å². The third-order valence-corrected chi connectivity index (χ3v) is 6.62. The number of hydrogen-bond donors (Lipinski definition) is 2. The lowest BCUT2D eigenvalue weighted by atomic mass is 10.1. The molecule has 1 saturated carbocycles. The highest BCUT2D eigenvalue weighted by molar-refractivity contribution is 7.99. The van der Waals surface area contributed by atoms with Crippen LogP contribution in [0.1, 0.15) is 40.5 Å². The van der Waals surface area contributed by atoms with Crippen molar-refractivity contribution in [3.63, 3.8) is 0 Å². The fourth-order valence-corrected chi connectivity index (χ4v) is 4.54. The second-order valence-corrected chi connectivity index (χ2v) is 9.28. The minimum atomic E-state index is -0.240. The number of amides is 2. The van der Waals surface area contributed by atoms with E-state index in [1.165, 1.54) is 11.8 Å². The van der Waals surface area contributed by atoms with Crippen molar-refractivity contribution in [2.75, 3.05) is 11.1 Å². The summed E-state index contributed by atoms with van der Waals surface area (Å²) in [5.41, 5.74) is 2.90. The highest BCUT2D eigenvalue weighted by Crippen LogP contribution is 2.41. The summed E-state index contributed by atoms with van der Waals surface area (Å²) in [5.74, 6) is 1.06. The molecule has 8 heteroatoms. The number of aromatic nitrogens is 3. The van der Waals surface area contributed by atoms with Gasteiger partial charge in [-0.2, -0.15) is 0 Å². The first-order valence-corrected chi connectivity index (χ1v) is 12.5. The summed E-state index contributed by atoms with van der Waals surface area (Å²) in [4.78, 5) is 25.6. The summed E-state index contributed by atoms with van der Waals surface area (Å²) in [6.07, 6.45) is 2.22. The molecule has 0 spiro atoms. The summed E-state index contributed by atoms with van der Waals surface area (Å²) in [6.45, 7) is 0.413. The molecule has 3 aromatic carbocycles. The number of nitrogens with zero attached hydrogens (tertiary/aromatic N) is 3. The number of carbonyl (C=O) groups is 2. The Balaban J connectivity index is 1.24. The van der Waals surface area contributed by atoms with Gasteiger partial charge in [-0.25, -0.2) is 0 Å². The van der Waals surface area contributed by atoms with Crippen LogP contribution in [0.4, 0.5) is 5.69 Å². The van der Waals surface area contributed by atoms with Crippen molar-refractivity contribution in [2.45, 2.75) is 30.5 Å². The molecule has 5 rings (SSSR count). The van der Waals surface area contributed by atoms with E-state index in [0.717, 1.165) is 29.9 Å². The van der Waals surface area contributed by atoms with Crippen LogP contribution in [0.2, 0.25) is 0 Å². The van der Waals surface area contributed by atoms with E-state index in [2.05, 4.69) is 20.8 Å². The van der Waals surface area contributed by atoms with Crippen molar-refractivity contribution >= 4 is 29.3 Å². The number of thioether (sulfide) groups is 1. The number of para-hydroxylation sites is 2. The molecule has 0 unspecified atom stereocenters. The second-order valence-electron chi connectivity index (χ2n) is 8.34. The molecular weight excluding hydrogens is 458 g/mol. The summed E-state index contributed by atoms with van der Waals surface area (Å²) in [6, 6.07) is 26.7. The highest BCUT2D eigenvalue weighted by Gasteiger charge is 2.31. The lowest BCUT2D eigenvalue weighted by molar-refractivity contribution is -0.113. The molecule has 7 nitrogen and oxygen atoms in total. The topological polar surface area (TPSA) is 88.9 Å². The molecular formula is C27H25N5O2S. The van der Waals surface area contributed by atoms with Crippen LogP contribution in [0.3, 0.4) is 0 Å². The first-order chi connectivity index (χ1) is 17.2. The molecule has 1 aliphatic rings. The predicted molar refractivity (Wildman–Crippen MR) is 137 cm³/mol. The quantitative estimate of drug-likeness (QED) is 0.334. The summed E-state index contributed by atoms with van der Waals surface area (Å²) in [7, 11) is 0. The van der Waals surface area contributed by atoms with Crippen molar-refractivity contribution in [3.05, 3.63) is 102 Å². The monoisotopic (exact) mass is 483 g/mol. The maximum absolute atomic E-state index is 12.8. The maximum Gasteiger partial charge on any atom is 0.253 e. The lowest BCUT2D eigenvalue weighted by Crippen LogP contribution is -2.25. The van der Waals surface area contributed by atoms with E-state index in [9.17, 15) is 9.59 Å². The molecule has 2 N–H and O–H groups in total. The van der Waals surface area contributed by atoms with E-state index in [1.54, 1.807) is 24.3 Å². The van der Waals surface area contributed by atoms with E-state index in [0.29, 0.717) is 28.9 Å².